The zero-order valence-electron chi connectivity index (χ0n) is 9.60. The normalized spacial score (nSPS) is 10.3. The largest absolute Gasteiger partial charge is 0.497 e. The third-order valence-corrected chi connectivity index (χ3v) is 3.69. The number of hydrogen-bond acceptors (Lipinski definition) is 5. The molecule has 0 aliphatic rings. The molecule has 0 amide bonds. The number of nitrogens with zero attached hydrogens (tertiary/aromatic N) is 1. The van der Waals surface area contributed by atoms with Gasteiger partial charge >= 0.3 is 5.69 Å². The van der Waals surface area contributed by atoms with Gasteiger partial charge in [0.1, 0.15) is 10.4 Å². The maximum atomic E-state index is 10.9. The van der Waals surface area contributed by atoms with E-state index >= 15 is 0 Å². The minimum Gasteiger partial charge on any atom is -0.497 e. The van der Waals surface area contributed by atoms with Crippen LogP contribution in [0.3, 0.4) is 0 Å². The average Bonchev–Trinajstić information content (AvgIpc) is 2.38. The molecule has 0 saturated heterocycles. The first-order valence-electron chi connectivity index (χ1n) is 5.14. The summed E-state index contributed by atoms with van der Waals surface area (Å²) in [6.45, 7) is 0. The fraction of sp³-hybridized carbons (Fsp3) is 0.182. The molecule has 1 aromatic heterocycles. The van der Waals surface area contributed by atoms with Gasteiger partial charge in [0.2, 0.25) is 0 Å². The van der Waals surface area contributed by atoms with Crippen LogP contribution in [0.4, 0.5) is 0 Å². The Bertz CT molecular complexity index is 634. The second-order valence-electron chi connectivity index (χ2n) is 3.45. The maximum Gasteiger partial charge on any atom is 0.340 e. The van der Waals surface area contributed by atoms with Gasteiger partial charge in [-0.1, -0.05) is 36.1 Å². The first-order valence-corrected chi connectivity index (χ1v) is 6.53. The molecule has 2 N–H and O–H groups in total. The van der Waals surface area contributed by atoms with Crippen LogP contribution < -0.4 is 10.4 Å². The van der Waals surface area contributed by atoms with Crippen LogP contribution in [0, 0.1) is 4.64 Å². The number of ether oxygens (including phenoxy) is 1. The Balaban J connectivity index is 2.06. The summed E-state index contributed by atoms with van der Waals surface area (Å²) in [6, 6.07) is 7.75. The van der Waals surface area contributed by atoms with Crippen molar-refractivity contribution in [2.45, 2.75) is 10.8 Å². The highest BCUT2D eigenvalue weighted by atomic mass is 32.2. The molecule has 0 saturated carbocycles. The number of benzene rings is 1. The van der Waals surface area contributed by atoms with Crippen molar-refractivity contribution < 1.29 is 4.74 Å². The molecule has 0 fully saturated rings. The van der Waals surface area contributed by atoms with E-state index in [1.807, 2.05) is 24.3 Å². The molecule has 0 aliphatic carbocycles. The second kappa shape index (κ2) is 5.83. The average molecular weight is 281 g/mol. The van der Waals surface area contributed by atoms with Crippen molar-refractivity contribution >= 4 is 24.0 Å². The van der Waals surface area contributed by atoms with Crippen molar-refractivity contribution in [2.24, 2.45) is 0 Å². The lowest BCUT2D eigenvalue weighted by atomic mass is 10.2. The Morgan fingerprint density at radius 2 is 2.11 bits per heavy atom. The van der Waals surface area contributed by atoms with Gasteiger partial charge in [0.15, 0.2) is 5.03 Å². The zero-order chi connectivity index (χ0) is 13.0. The zero-order valence-corrected chi connectivity index (χ0v) is 11.2. The molecular weight excluding hydrogens is 270 g/mol. The Morgan fingerprint density at radius 3 is 2.72 bits per heavy atom. The van der Waals surface area contributed by atoms with Gasteiger partial charge in [-0.3, -0.25) is 4.98 Å². The molecule has 18 heavy (non-hydrogen) atoms. The summed E-state index contributed by atoms with van der Waals surface area (Å²) in [7, 11) is 1.63. The maximum absolute atomic E-state index is 10.9. The van der Waals surface area contributed by atoms with Gasteiger partial charge in [-0.25, -0.2) is 9.89 Å². The lowest BCUT2D eigenvalue weighted by Crippen LogP contribution is -2.12. The van der Waals surface area contributed by atoms with E-state index < -0.39 is 5.69 Å². The van der Waals surface area contributed by atoms with Gasteiger partial charge in [-0.15, -0.1) is 0 Å². The van der Waals surface area contributed by atoms with E-state index in [0.717, 1.165) is 17.1 Å². The molecule has 0 unspecified atom stereocenters. The highest BCUT2D eigenvalue weighted by molar-refractivity contribution is 7.98. The monoisotopic (exact) mass is 281 g/mol. The predicted octanol–water partition coefficient (Wildman–Crippen LogP) is 2.13. The molecule has 0 spiro atoms. The molecule has 0 atom stereocenters. The smallest absolute Gasteiger partial charge is 0.340 e. The Kier molecular flexibility index (Phi) is 4.16. The van der Waals surface area contributed by atoms with Crippen LogP contribution in [-0.2, 0) is 5.75 Å². The van der Waals surface area contributed by atoms with Crippen LogP contribution in [0.5, 0.6) is 5.75 Å². The van der Waals surface area contributed by atoms with Crippen LogP contribution in [0.25, 0.3) is 0 Å². The van der Waals surface area contributed by atoms with E-state index in [0.29, 0.717) is 9.67 Å². The lowest BCUT2D eigenvalue weighted by molar-refractivity contribution is 0.414. The lowest BCUT2D eigenvalue weighted by Gasteiger charge is -2.03. The summed E-state index contributed by atoms with van der Waals surface area (Å²) in [5.74, 6) is 1.55. The van der Waals surface area contributed by atoms with Crippen LogP contribution in [0.2, 0.25) is 0 Å². The Labute approximate surface area is 113 Å². The highest BCUT2D eigenvalue weighted by Crippen LogP contribution is 2.21. The van der Waals surface area contributed by atoms with E-state index in [1.165, 1.54) is 11.8 Å². The van der Waals surface area contributed by atoms with Gasteiger partial charge in [0, 0.05) is 5.75 Å². The summed E-state index contributed by atoms with van der Waals surface area (Å²) in [4.78, 5) is 13.4. The number of aromatic amines is 2. The van der Waals surface area contributed by atoms with Crippen LogP contribution in [0.1, 0.15) is 5.56 Å². The van der Waals surface area contributed by atoms with Crippen LogP contribution in [-0.4, -0.2) is 22.3 Å². The molecule has 2 rings (SSSR count). The fourth-order valence-corrected chi connectivity index (χ4v) is 2.41. The first kappa shape index (κ1) is 12.8. The quantitative estimate of drug-likeness (QED) is 0.663. The molecule has 1 aromatic carbocycles. The minimum absolute atomic E-state index is 0.359. The Hall–Kier alpha value is -1.60. The van der Waals surface area contributed by atoms with Crippen molar-refractivity contribution in [2.75, 3.05) is 7.11 Å². The van der Waals surface area contributed by atoms with E-state index in [2.05, 4.69) is 15.2 Å². The van der Waals surface area contributed by atoms with Crippen molar-refractivity contribution in [3.05, 3.63) is 45.0 Å². The molecule has 7 heteroatoms. The summed E-state index contributed by atoms with van der Waals surface area (Å²) in [5, 5.41) is 6.83. The molecule has 0 radical (unpaired) electrons. The third-order valence-electron chi connectivity index (χ3n) is 2.21. The predicted molar refractivity (Wildman–Crippen MR) is 72.6 cm³/mol. The number of rotatable bonds is 4. The summed E-state index contributed by atoms with van der Waals surface area (Å²) in [6.07, 6.45) is 0. The molecule has 94 valence electrons. The van der Waals surface area contributed by atoms with Gasteiger partial charge in [0.25, 0.3) is 0 Å². The van der Waals surface area contributed by atoms with Crippen molar-refractivity contribution in [1.29, 1.82) is 0 Å². The van der Waals surface area contributed by atoms with Crippen molar-refractivity contribution in [1.82, 2.24) is 15.2 Å². The Morgan fingerprint density at radius 1 is 1.39 bits per heavy atom. The standard InChI is InChI=1S/C11H11N3O2S2/c1-16-8-4-2-7(3-5-8)6-18-10-9(17)12-11(15)14-13-10/h2-5H,6H2,1H3,(H2,12,14,15,17). The fourth-order valence-electron chi connectivity index (χ4n) is 1.31. The summed E-state index contributed by atoms with van der Waals surface area (Å²) >= 11 is 6.48. The van der Waals surface area contributed by atoms with E-state index in [4.69, 9.17) is 17.0 Å². The molecule has 1 heterocycles. The van der Waals surface area contributed by atoms with Crippen molar-refractivity contribution in [3.63, 3.8) is 0 Å². The molecule has 0 bridgehead atoms. The number of nitrogens with one attached hydrogen (secondary N) is 2. The number of aromatic nitrogens is 3. The van der Waals surface area contributed by atoms with E-state index in [-0.39, 0.29) is 0 Å². The van der Waals surface area contributed by atoms with Gasteiger partial charge in [-0.05, 0) is 17.7 Å². The minimum atomic E-state index is -0.395. The SMILES string of the molecule is COc1ccc(CSc2n[nH]c(=O)[nH]c2=S)cc1. The van der Waals surface area contributed by atoms with Gasteiger partial charge < -0.3 is 4.74 Å². The van der Waals surface area contributed by atoms with E-state index in [1.54, 1.807) is 7.11 Å². The van der Waals surface area contributed by atoms with Crippen molar-refractivity contribution in [3.8, 4) is 5.75 Å². The highest BCUT2D eigenvalue weighted by Gasteiger charge is 2.01. The number of methoxy groups -OCH3 is 1. The topological polar surface area (TPSA) is 70.8 Å². The molecule has 5 nitrogen and oxygen atoms in total. The van der Waals surface area contributed by atoms with Gasteiger partial charge in [-0.2, -0.15) is 5.10 Å². The van der Waals surface area contributed by atoms with Gasteiger partial charge in [0.05, 0.1) is 7.11 Å². The molecule has 0 aliphatic heterocycles. The first-order chi connectivity index (χ1) is 8.69. The van der Waals surface area contributed by atoms with E-state index in [9.17, 15) is 4.79 Å². The number of thioether (sulfide) groups is 1. The number of hydrogen-bond donors (Lipinski definition) is 2. The summed E-state index contributed by atoms with van der Waals surface area (Å²) < 4.78 is 5.44. The van der Waals surface area contributed by atoms with Crippen LogP contribution >= 0.6 is 24.0 Å². The summed E-state index contributed by atoms with van der Waals surface area (Å²) in [5.41, 5.74) is 0.733. The molecule has 2 aromatic rings. The number of H-pyrrole nitrogens is 2. The molecular formula is C11H11N3O2S2. The van der Waals surface area contributed by atoms with Crippen LogP contribution in [0.15, 0.2) is 34.1 Å². The third kappa shape index (κ3) is 3.21. The second-order valence-corrected chi connectivity index (χ2v) is 4.82.